The molecule has 0 aromatic heterocycles. The lowest BCUT2D eigenvalue weighted by Gasteiger charge is -2.19. The van der Waals surface area contributed by atoms with E-state index in [4.69, 9.17) is 0 Å². The first kappa shape index (κ1) is 18.0. The van der Waals surface area contributed by atoms with E-state index >= 15 is 0 Å². The smallest absolute Gasteiger partial charge is 0.341 e. The predicted molar refractivity (Wildman–Crippen MR) is 78.5 cm³/mol. The van der Waals surface area contributed by atoms with E-state index in [0.717, 1.165) is 17.0 Å². The van der Waals surface area contributed by atoms with E-state index in [2.05, 4.69) is 0 Å². The topological polar surface area (TPSA) is 57.7 Å². The van der Waals surface area contributed by atoms with Gasteiger partial charge < -0.3 is 4.90 Å². The van der Waals surface area contributed by atoms with Crippen LogP contribution in [0.3, 0.4) is 0 Å². The number of benzene rings is 1. The van der Waals surface area contributed by atoms with E-state index in [9.17, 15) is 27.6 Å². The summed E-state index contributed by atoms with van der Waals surface area (Å²) in [6, 6.07) is 4.57. The molecule has 3 amide bonds. The number of amides is 3. The molecule has 0 spiro atoms. The molecule has 1 fully saturated rings. The number of imide groups is 1. The highest BCUT2D eigenvalue weighted by Crippen LogP contribution is 2.29. The first-order valence-corrected chi connectivity index (χ1v) is 7.42. The van der Waals surface area contributed by atoms with Crippen molar-refractivity contribution in [2.45, 2.75) is 32.0 Å². The Hall–Kier alpha value is -2.38. The van der Waals surface area contributed by atoms with Crippen LogP contribution in [-0.4, -0.2) is 41.1 Å². The molecule has 0 atom stereocenters. The van der Waals surface area contributed by atoms with Gasteiger partial charge in [-0.3, -0.25) is 19.3 Å². The number of carbonyl (C=O) groups is 3. The molecule has 2 rings (SSSR count). The van der Waals surface area contributed by atoms with Gasteiger partial charge in [0, 0.05) is 39.4 Å². The number of likely N-dealkylation sites (tertiary alicyclic amines) is 1. The molecular weight excluding hydrogens is 325 g/mol. The van der Waals surface area contributed by atoms with Crippen molar-refractivity contribution < 1.29 is 27.6 Å². The Morgan fingerprint density at radius 3 is 2.17 bits per heavy atom. The Morgan fingerprint density at radius 2 is 1.67 bits per heavy atom. The van der Waals surface area contributed by atoms with E-state index in [0.29, 0.717) is 5.56 Å². The van der Waals surface area contributed by atoms with Crippen molar-refractivity contribution in [1.29, 1.82) is 0 Å². The van der Waals surface area contributed by atoms with Crippen LogP contribution in [0.25, 0.3) is 0 Å². The molecule has 130 valence electrons. The molecule has 0 aliphatic carbocycles. The minimum atomic E-state index is -4.39. The summed E-state index contributed by atoms with van der Waals surface area (Å²) in [5.41, 5.74) is -0.182. The third kappa shape index (κ3) is 4.33. The highest BCUT2D eigenvalue weighted by atomic mass is 19.4. The fraction of sp³-hybridized carbons (Fsp3) is 0.438. The number of hydrogen-bond acceptors (Lipinski definition) is 3. The molecule has 24 heavy (non-hydrogen) atoms. The van der Waals surface area contributed by atoms with E-state index in [-0.39, 0.29) is 50.1 Å². The molecule has 8 heteroatoms. The molecule has 1 heterocycles. The van der Waals surface area contributed by atoms with Crippen LogP contribution >= 0.6 is 0 Å². The third-order valence-electron chi connectivity index (χ3n) is 3.83. The summed E-state index contributed by atoms with van der Waals surface area (Å²) in [7, 11) is 1.52. The Labute approximate surface area is 137 Å². The van der Waals surface area contributed by atoms with Gasteiger partial charge in [-0.1, -0.05) is 12.1 Å². The number of alkyl halides is 3. The zero-order valence-corrected chi connectivity index (χ0v) is 13.1. The monoisotopic (exact) mass is 342 g/mol. The molecule has 1 aromatic carbocycles. The third-order valence-corrected chi connectivity index (χ3v) is 3.83. The molecule has 1 aromatic rings. The van der Waals surface area contributed by atoms with Gasteiger partial charge in [0.25, 0.3) is 0 Å². The summed E-state index contributed by atoms with van der Waals surface area (Å²) >= 11 is 0. The normalized spacial score (nSPS) is 15.1. The minimum Gasteiger partial charge on any atom is -0.341 e. The predicted octanol–water partition coefficient (Wildman–Crippen LogP) is 2.20. The Balaban J connectivity index is 1.87. The van der Waals surface area contributed by atoms with Crippen molar-refractivity contribution in [3.8, 4) is 0 Å². The number of rotatable bonds is 5. The molecule has 1 aliphatic rings. The van der Waals surface area contributed by atoms with Gasteiger partial charge in [0.15, 0.2) is 0 Å². The molecule has 0 unspecified atom stereocenters. The lowest BCUT2D eigenvalue weighted by molar-refractivity contribution is -0.140. The lowest BCUT2D eigenvalue weighted by Crippen LogP contribution is -2.34. The summed E-state index contributed by atoms with van der Waals surface area (Å²) in [5.74, 6) is -0.848. The average Bonchev–Trinajstić information content (AvgIpc) is 2.83. The Kier molecular flexibility index (Phi) is 5.26. The molecule has 5 nitrogen and oxygen atoms in total. The second-order valence-corrected chi connectivity index (χ2v) is 5.63. The van der Waals surface area contributed by atoms with Gasteiger partial charge in [-0.2, -0.15) is 13.2 Å². The molecule has 1 aliphatic heterocycles. The SMILES string of the molecule is CN(Cc1ccc(C(F)(F)F)cc1)C(=O)CCN1C(=O)CCC1=O. The van der Waals surface area contributed by atoms with Gasteiger partial charge in [0.1, 0.15) is 0 Å². The van der Waals surface area contributed by atoms with E-state index in [1.807, 2.05) is 0 Å². The largest absolute Gasteiger partial charge is 0.416 e. The van der Waals surface area contributed by atoms with Crippen molar-refractivity contribution in [3.63, 3.8) is 0 Å². The quantitative estimate of drug-likeness (QED) is 0.771. The number of nitrogens with zero attached hydrogens (tertiary/aromatic N) is 2. The second kappa shape index (κ2) is 7.02. The lowest BCUT2D eigenvalue weighted by atomic mass is 10.1. The molecule has 0 N–H and O–H groups in total. The van der Waals surface area contributed by atoms with E-state index in [1.54, 1.807) is 0 Å². The maximum absolute atomic E-state index is 12.5. The number of hydrogen-bond donors (Lipinski definition) is 0. The standard InChI is InChI=1S/C16H17F3N2O3/c1-20(10-11-2-4-12(5-3-11)16(17,18)19)13(22)8-9-21-14(23)6-7-15(21)24/h2-5H,6-10H2,1H3. The molecule has 0 saturated carbocycles. The zero-order chi connectivity index (χ0) is 17.9. The summed E-state index contributed by atoms with van der Waals surface area (Å²) < 4.78 is 37.5. The van der Waals surface area contributed by atoms with E-state index in [1.165, 1.54) is 24.1 Å². The van der Waals surface area contributed by atoms with Crippen LogP contribution in [0.1, 0.15) is 30.4 Å². The van der Waals surface area contributed by atoms with Gasteiger partial charge in [0.05, 0.1) is 5.56 Å². The summed E-state index contributed by atoms with van der Waals surface area (Å²) in [6.45, 7) is 0.187. The van der Waals surface area contributed by atoms with Crippen LogP contribution in [-0.2, 0) is 27.1 Å². The van der Waals surface area contributed by atoms with Crippen LogP contribution in [0.15, 0.2) is 24.3 Å². The van der Waals surface area contributed by atoms with Crippen LogP contribution in [0.2, 0.25) is 0 Å². The number of carbonyl (C=O) groups excluding carboxylic acids is 3. The average molecular weight is 342 g/mol. The van der Waals surface area contributed by atoms with Crippen LogP contribution < -0.4 is 0 Å². The maximum atomic E-state index is 12.5. The van der Waals surface area contributed by atoms with Gasteiger partial charge >= 0.3 is 6.18 Å². The highest BCUT2D eigenvalue weighted by molar-refractivity contribution is 6.02. The van der Waals surface area contributed by atoms with Gasteiger partial charge in [-0.15, -0.1) is 0 Å². The van der Waals surface area contributed by atoms with Crippen LogP contribution in [0.4, 0.5) is 13.2 Å². The van der Waals surface area contributed by atoms with Crippen molar-refractivity contribution in [2.24, 2.45) is 0 Å². The summed E-state index contributed by atoms with van der Waals surface area (Å²) in [5, 5.41) is 0. The first-order chi connectivity index (χ1) is 11.2. The highest BCUT2D eigenvalue weighted by Gasteiger charge is 2.30. The summed E-state index contributed by atoms with van der Waals surface area (Å²) in [6.07, 6.45) is -4.05. The van der Waals surface area contributed by atoms with Gasteiger partial charge in [-0.25, -0.2) is 0 Å². The molecule has 1 saturated heterocycles. The number of halogens is 3. The van der Waals surface area contributed by atoms with Crippen molar-refractivity contribution in [3.05, 3.63) is 35.4 Å². The van der Waals surface area contributed by atoms with E-state index < -0.39 is 11.7 Å². The minimum absolute atomic E-state index is 0.00534. The van der Waals surface area contributed by atoms with Gasteiger partial charge in [-0.05, 0) is 17.7 Å². The van der Waals surface area contributed by atoms with Crippen molar-refractivity contribution in [1.82, 2.24) is 9.80 Å². The molecular formula is C16H17F3N2O3. The first-order valence-electron chi connectivity index (χ1n) is 7.42. The fourth-order valence-electron chi connectivity index (χ4n) is 2.43. The Bertz CT molecular complexity index is 625. The molecule has 0 radical (unpaired) electrons. The Morgan fingerprint density at radius 1 is 1.12 bits per heavy atom. The second-order valence-electron chi connectivity index (χ2n) is 5.63. The molecule has 0 bridgehead atoms. The summed E-state index contributed by atoms with van der Waals surface area (Å²) in [4.78, 5) is 37.4. The maximum Gasteiger partial charge on any atom is 0.416 e. The van der Waals surface area contributed by atoms with Crippen LogP contribution in [0, 0.1) is 0 Å². The fourth-order valence-corrected chi connectivity index (χ4v) is 2.43. The van der Waals surface area contributed by atoms with Crippen molar-refractivity contribution in [2.75, 3.05) is 13.6 Å². The zero-order valence-electron chi connectivity index (χ0n) is 13.1. The van der Waals surface area contributed by atoms with Gasteiger partial charge in [0.2, 0.25) is 17.7 Å². The van der Waals surface area contributed by atoms with Crippen LogP contribution in [0.5, 0.6) is 0 Å². The van der Waals surface area contributed by atoms with Crippen molar-refractivity contribution >= 4 is 17.7 Å².